The minimum atomic E-state index is -1.75. The summed E-state index contributed by atoms with van der Waals surface area (Å²) in [6.07, 6.45) is -1.93. The van der Waals surface area contributed by atoms with Crippen molar-refractivity contribution >= 4 is 85.9 Å². The first-order chi connectivity index (χ1) is 47.9. The highest BCUT2D eigenvalue weighted by Crippen LogP contribution is 2.34. The molecule has 20 N–H and O–H groups in total. The lowest BCUT2D eigenvalue weighted by Crippen LogP contribution is -2.72. The molecule has 3 heterocycles. The van der Waals surface area contributed by atoms with Crippen molar-refractivity contribution in [3.05, 3.63) is 107 Å². The van der Waals surface area contributed by atoms with Gasteiger partial charge in [0, 0.05) is 115 Å². The first-order valence-electron chi connectivity index (χ1n) is 34.6. The Morgan fingerprint density at radius 1 is 0.660 bits per heavy atom. The summed E-state index contributed by atoms with van der Waals surface area (Å²) in [6, 6.07) is 15.2. The summed E-state index contributed by atoms with van der Waals surface area (Å²) in [4.78, 5) is 144. The second-order valence-electron chi connectivity index (χ2n) is 26.5. The van der Waals surface area contributed by atoms with Crippen LogP contribution in [0.25, 0.3) is 5.57 Å². The normalized spacial score (nSPS) is 25.6. The van der Waals surface area contributed by atoms with Crippen LogP contribution in [0.5, 0.6) is 5.75 Å². The number of unbranched alkanes of at least 4 members (excludes halogenated alkanes) is 1. The van der Waals surface area contributed by atoms with Crippen LogP contribution in [0.15, 0.2) is 84.9 Å². The third-order valence-corrected chi connectivity index (χ3v) is 20.8. The van der Waals surface area contributed by atoms with Crippen molar-refractivity contribution in [2.45, 2.75) is 151 Å². The Bertz CT molecular complexity index is 3260. The van der Waals surface area contributed by atoms with Crippen LogP contribution >= 0.6 is 21.6 Å². The first-order valence-corrected chi connectivity index (χ1v) is 37.1. The number of benzene rings is 3. The Kier molecular flexibility index (Phi) is 32.4. The molecule has 3 saturated heterocycles. The van der Waals surface area contributed by atoms with Crippen molar-refractivity contribution in [1.29, 1.82) is 0 Å². The van der Waals surface area contributed by atoms with Crippen LogP contribution in [0.4, 0.5) is 0 Å². The SMILES string of the molecule is CC(O)[C@H](CC(=O)[C@@H]1CSSC[C@H](CC(=O)[C@@H](Cc2ccccc2)NC(=O)CCCC(=O)NC23CNCCNCC(N)(CNCCNC2)NCCN3)C(=O)N[C@@H](Cc2ccc(O)cc2)C(=O)C[C@H](CC2=CCc3ccccc32)C(=O)N[C@@H](CCCCN)C(=O)N[C@@H](C(C)O)C(=O)N1)C(=O)O. The lowest BCUT2D eigenvalue weighted by Gasteiger charge is -2.39. The highest BCUT2D eigenvalue weighted by Gasteiger charge is 2.39. The van der Waals surface area contributed by atoms with Crippen molar-refractivity contribution in [1.82, 2.24) is 63.8 Å². The monoisotopic (exact) mass is 1430 g/mol. The lowest BCUT2D eigenvalue weighted by atomic mass is 9.87. The van der Waals surface area contributed by atoms with E-state index in [-0.39, 0.29) is 74.7 Å². The second kappa shape index (κ2) is 40.4. The topological polar surface area (TPSA) is 448 Å². The number of fused-ring (bicyclic) bond motifs is 6. The van der Waals surface area contributed by atoms with Crippen molar-refractivity contribution in [3.63, 3.8) is 0 Å². The van der Waals surface area contributed by atoms with Gasteiger partial charge in [-0.05, 0) is 112 Å². The molecule has 548 valence electrons. The number of nitrogens with one attached hydrogen (secondary N) is 12. The first kappa shape index (κ1) is 80.1. The number of carbonyl (C=O) groups excluding carboxylic acids is 9. The van der Waals surface area contributed by atoms with Gasteiger partial charge in [0.2, 0.25) is 35.4 Å². The molecule has 0 aromatic heterocycles. The quantitative estimate of drug-likeness (QED) is 0.0355. The van der Waals surface area contributed by atoms with Crippen molar-refractivity contribution in [2.24, 2.45) is 29.2 Å². The molecule has 0 radical (unpaired) electrons. The molecule has 28 nitrogen and oxygen atoms in total. The van der Waals surface area contributed by atoms with E-state index in [0.29, 0.717) is 95.8 Å². The number of Topliss-reactive ketones (excluding diaryl/α,β-unsaturated/α-hetero) is 3. The molecule has 4 aliphatic rings. The van der Waals surface area contributed by atoms with Crippen LogP contribution in [0.2, 0.25) is 0 Å². The predicted molar refractivity (Wildman–Crippen MR) is 382 cm³/mol. The van der Waals surface area contributed by atoms with Crippen LogP contribution in [0, 0.1) is 17.8 Å². The molecule has 7 rings (SSSR count). The maximum atomic E-state index is 15.3. The number of rotatable bonds is 25. The van der Waals surface area contributed by atoms with E-state index in [1.54, 1.807) is 42.5 Å². The minimum Gasteiger partial charge on any atom is -0.508 e. The lowest BCUT2D eigenvalue weighted by molar-refractivity contribution is -0.148. The fourth-order valence-electron chi connectivity index (χ4n) is 12.5. The summed E-state index contributed by atoms with van der Waals surface area (Å²) >= 11 is 0. The van der Waals surface area contributed by atoms with Gasteiger partial charge in [-0.3, -0.25) is 58.6 Å². The highest BCUT2D eigenvalue weighted by molar-refractivity contribution is 8.76. The van der Waals surface area contributed by atoms with Gasteiger partial charge in [0.1, 0.15) is 23.5 Å². The second-order valence-corrected chi connectivity index (χ2v) is 29.1. The van der Waals surface area contributed by atoms with Gasteiger partial charge in [-0.15, -0.1) is 0 Å². The van der Waals surface area contributed by atoms with Crippen molar-refractivity contribution in [3.8, 4) is 5.75 Å². The maximum absolute atomic E-state index is 15.3. The number of amides is 6. The third-order valence-electron chi connectivity index (χ3n) is 18.3. The average Bonchev–Trinajstić information content (AvgIpc) is 1.63. The summed E-state index contributed by atoms with van der Waals surface area (Å²) in [5.41, 5.74) is 14.7. The van der Waals surface area contributed by atoms with Gasteiger partial charge in [0.05, 0.1) is 47.8 Å². The number of carbonyl (C=O) groups is 10. The Morgan fingerprint density at radius 3 is 1.96 bits per heavy atom. The molecule has 3 aromatic rings. The Hall–Kier alpha value is -7.20. The number of hydrogen-bond donors (Lipinski definition) is 18. The molecule has 3 fully saturated rings. The van der Waals surface area contributed by atoms with Crippen LogP contribution < -0.4 is 75.3 Å². The van der Waals surface area contributed by atoms with Gasteiger partial charge >= 0.3 is 5.97 Å². The number of aliphatic hydroxyl groups excluding tert-OH is 2. The third kappa shape index (κ3) is 25.7. The molecule has 10 atom stereocenters. The van der Waals surface area contributed by atoms with E-state index in [1.807, 2.05) is 30.3 Å². The summed E-state index contributed by atoms with van der Waals surface area (Å²) in [6.45, 7) is 7.88. The molecule has 1 aliphatic carbocycles. The summed E-state index contributed by atoms with van der Waals surface area (Å²) < 4.78 is 0. The van der Waals surface area contributed by atoms with E-state index in [0.717, 1.165) is 38.3 Å². The van der Waals surface area contributed by atoms with Gasteiger partial charge in [0.15, 0.2) is 17.3 Å². The Labute approximate surface area is 592 Å². The van der Waals surface area contributed by atoms with Gasteiger partial charge < -0.3 is 85.1 Å². The zero-order chi connectivity index (χ0) is 72.2. The number of carboxylic acids is 1. The molecule has 6 amide bonds. The van der Waals surface area contributed by atoms with E-state index >= 15 is 19.2 Å². The summed E-state index contributed by atoms with van der Waals surface area (Å²) in [5.74, 6) is -12.5. The number of aliphatic carboxylic acids is 1. The van der Waals surface area contributed by atoms with E-state index in [4.69, 9.17) is 11.5 Å². The fraction of sp³-hybridized carbons (Fsp3) is 0.571. The number of phenols is 1. The fourth-order valence-corrected chi connectivity index (χ4v) is 15.0. The molecular formula is C70H102N14O14S2. The molecule has 3 aliphatic heterocycles. The minimum absolute atomic E-state index is 0.00281. The number of ketones is 3. The van der Waals surface area contributed by atoms with Crippen LogP contribution in [-0.2, 0) is 67.2 Å². The van der Waals surface area contributed by atoms with Crippen LogP contribution in [0.3, 0.4) is 0 Å². The number of allylic oxidation sites excluding steroid dienone is 2. The molecule has 2 unspecified atom stereocenters. The molecule has 0 spiro atoms. The van der Waals surface area contributed by atoms with Gasteiger partial charge in [-0.2, -0.15) is 0 Å². The number of aliphatic hydroxyl groups is 2. The largest absolute Gasteiger partial charge is 0.508 e. The van der Waals surface area contributed by atoms with Gasteiger partial charge in [-0.25, -0.2) is 0 Å². The Balaban J connectivity index is 1.19. The zero-order valence-electron chi connectivity index (χ0n) is 57.1. The van der Waals surface area contributed by atoms with Crippen LogP contribution in [-0.4, -0.2) is 216 Å². The number of carboxylic acid groups (broad SMARTS) is 1. The number of aromatic hydroxyl groups is 1. The van der Waals surface area contributed by atoms with E-state index in [9.17, 15) is 49.2 Å². The van der Waals surface area contributed by atoms with Crippen molar-refractivity contribution in [2.75, 3.05) is 83.5 Å². The number of hydrogen-bond acceptors (Lipinski definition) is 23. The molecule has 2 bridgehead atoms. The molecular weight excluding hydrogens is 1320 g/mol. The smallest absolute Gasteiger partial charge is 0.309 e. The molecule has 30 heteroatoms. The zero-order valence-corrected chi connectivity index (χ0v) is 58.7. The summed E-state index contributed by atoms with van der Waals surface area (Å²) in [7, 11) is 1.96. The molecule has 100 heavy (non-hydrogen) atoms. The van der Waals surface area contributed by atoms with Crippen LogP contribution in [0.1, 0.15) is 100 Å². The number of phenolic OH excluding ortho intramolecular Hbond substituents is 1. The molecule has 3 aromatic carbocycles. The maximum Gasteiger partial charge on any atom is 0.309 e. The van der Waals surface area contributed by atoms with Gasteiger partial charge in [-0.1, -0.05) is 94.4 Å². The van der Waals surface area contributed by atoms with E-state index < -0.39 is 144 Å². The van der Waals surface area contributed by atoms with Gasteiger partial charge in [0.25, 0.3) is 0 Å². The van der Waals surface area contributed by atoms with Crippen molar-refractivity contribution < 1.29 is 68.4 Å². The standard InChI is InChI=1S/C70H102N14O14S2/c1-43(85)53(68(97)98)36-60(90)57-38-100-99-37-50(35-59(89)55(31-45-11-4-3-5-12-45)79-61(91)16-10-17-62(92)84-70-41-75-27-25-73-39-69(72,77-29-30-78-70)40-74-26-28-76-42-70)65(94)81-56(32-46-18-22-51(87)23-19-46)58(88)34-49(33-48-21-20-47-13-6-7-14-52(47)48)64(93)80-54(15-8-9-24-71)66(95)83-63(44(2)86)67(96)82-57/h3-7,11-14,18-19,21-23,43-44,49-50,53-57,63,73-78,85-87H,8-10,15-17,20,24-42,71-72H2,1-2H3,(H,79,91)(H,80,93)(H,81,94)(H,82,96)(H,83,95)(H,84,92)(H,97,98)/t43?,44?,49-,50-,53-,54-,55+,56-,57-,63-,69?,70?/m0/s1. The summed E-state index contributed by atoms with van der Waals surface area (Å²) in [5, 5.41) is 79.5. The molecule has 0 saturated carbocycles. The Morgan fingerprint density at radius 2 is 1.29 bits per heavy atom. The van der Waals surface area contributed by atoms with E-state index in [2.05, 4.69) is 63.8 Å². The van der Waals surface area contributed by atoms with E-state index in [1.165, 1.54) is 26.0 Å². The highest BCUT2D eigenvalue weighted by atomic mass is 33.1. The number of nitrogens with two attached hydrogens (primary N) is 2. The predicted octanol–water partition coefficient (Wildman–Crippen LogP) is -1.07. The average molecular weight is 1430 g/mol.